The van der Waals surface area contributed by atoms with Gasteiger partial charge in [-0.1, -0.05) is 12.1 Å². The van der Waals surface area contributed by atoms with E-state index in [2.05, 4.69) is 15.9 Å². The number of halogens is 2. The van der Waals surface area contributed by atoms with Gasteiger partial charge in [0, 0.05) is 0 Å². The lowest BCUT2D eigenvalue weighted by Crippen LogP contribution is -1.70. The lowest BCUT2D eigenvalue weighted by molar-refractivity contribution is 0.621. The predicted octanol–water partition coefficient (Wildman–Crippen LogP) is 2.59. The summed E-state index contributed by atoms with van der Waals surface area (Å²) in [4.78, 5) is 0. The number of hydrogen-bond acceptors (Lipinski definition) is 0. The second kappa shape index (κ2) is 2.27. The number of benzene rings is 1. The lowest BCUT2D eigenvalue weighted by Gasteiger charge is -1.87. The Balaban J connectivity index is 3.17. The van der Waals surface area contributed by atoms with E-state index in [-0.39, 0.29) is 11.9 Å². The fourth-order valence-corrected chi connectivity index (χ4v) is 0.638. The van der Waals surface area contributed by atoms with E-state index >= 15 is 0 Å². The van der Waals surface area contributed by atoms with Crippen LogP contribution < -0.4 is 0 Å². The molecule has 2 heteroatoms. The third kappa shape index (κ3) is 1.07. The molecule has 0 heterocycles. The maximum absolute atomic E-state index is 12.4. The Morgan fingerprint density at radius 3 is 2.88 bits per heavy atom. The normalized spacial score (nSPS) is 11.0. The quantitative estimate of drug-likeness (QED) is 0.569. The second-order valence-corrected chi connectivity index (χ2v) is 2.19. The Morgan fingerprint density at radius 2 is 2.38 bits per heavy atom. The third-order valence-electron chi connectivity index (χ3n) is 0.764. The largest absolute Gasteiger partial charge is 0.206 e. The van der Waals surface area contributed by atoms with E-state index in [0.29, 0.717) is 4.47 Å². The van der Waals surface area contributed by atoms with Crippen LogP contribution in [0, 0.1) is 5.82 Å². The van der Waals surface area contributed by atoms with E-state index < -0.39 is 0 Å². The Morgan fingerprint density at radius 1 is 1.62 bits per heavy atom. The van der Waals surface area contributed by atoms with Crippen LogP contribution in [0.1, 0.15) is 1.37 Å². The molecule has 0 nitrogen and oxygen atoms in total. The van der Waals surface area contributed by atoms with Crippen LogP contribution >= 0.6 is 15.9 Å². The van der Waals surface area contributed by atoms with Gasteiger partial charge in [0.15, 0.2) is 0 Å². The summed E-state index contributed by atoms with van der Waals surface area (Å²) in [6.45, 7) is 0. The molecule has 0 spiro atoms. The van der Waals surface area contributed by atoms with Crippen LogP contribution in [0.2, 0.25) is 0 Å². The smallest absolute Gasteiger partial charge is 0.137 e. The van der Waals surface area contributed by atoms with E-state index in [4.69, 9.17) is 1.37 Å². The van der Waals surface area contributed by atoms with Crippen LogP contribution in [-0.2, 0) is 0 Å². The molecule has 0 aliphatic rings. The van der Waals surface area contributed by atoms with Gasteiger partial charge < -0.3 is 0 Å². The molecule has 0 atom stereocenters. The highest BCUT2D eigenvalue weighted by atomic mass is 79.9. The Hall–Kier alpha value is -0.370. The monoisotopic (exact) mass is 175 g/mol. The standard InChI is InChI=1S/C6H4BrF/c7-5-3-1-2-4-6(5)8/h1-4H/i2D. The zero-order valence-corrected chi connectivity index (χ0v) is 5.57. The van der Waals surface area contributed by atoms with Crippen molar-refractivity contribution in [3.05, 3.63) is 34.5 Å². The summed E-state index contributed by atoms with van der Waals surface area (Å²) in [7, 11) is 0. The van der Waals surface area contributed by atoms with Crippen molar-refractivity contribution in [2.24, 2.45) is 0 Å². The molecule has 42 valence electrons. The zero-order chi connectivity index (χ0) is 6.85. The fraction of sp³-hybridized carbons (Fsp3) is 0. The van der Waals surface area contributed by atoms with Crippen molar-refractivity contribution in [3.63, 3.8) is 0 Å². The minimum absolute atomic E-state index is 0.190. The van der Waals surface area contributed by atoms with Crippen molar-refractivity contribution in [1.29, 1.82) is 0 Å². The predicted molar refractivity (Wildman–Crippen MR) is 34.1 cm³/mol. The minimum Gasteiger partial charge on any atom is -0.206 e. The van der Waals surface area contributed by atoms with Gasteiger partial charge in [0.25, 0.3) is 0 Å². The molecular weight excluding hydrogens is 171 g/mol. The minimum atomic E-state index is -0.387. The maximum atomic E-state index is 12.4. The van der Waals surface area contributed by atoms with Crippen molar-refractivity contribution < 1.29 is 5.76 Å². The fourth-order valence-electron chi connectivity index (χ4n) is 0.391. The molecule has 0 saturated heterocycles. The Kier molecular flexibility index (Phi) is 1.28. The number of hydrogen-bond donors (Lipinski definition) is 0. The Labute approximate surface area is 56.9 Å². The molecule has 0 aliphatic heterocycles. The van der Waals surface area contributed by atoms with E-state index in [1.165, 1.54) is 12.1 Å². The van der Waals surface area contributed by atoms with Crippen LogP contribution in [0.5, 0.6) is 0 Å². The summed E-state index contributed by atoms with van der Waals surface area (Å²) in [6, 6.07) is 4.38. The first-order chi connectivity index (χ1) is 4.20. The second-order valence-electron chi connectivity index (χ2n) is 1.34. The summed E-state index contributed by atoms with van der Waals surface area (Å²) in [6.07, 6.45) is 0. The zero-order valence-electron chi connectivity index (χ0n) is 4.99. The molecular formula is C6H4BrF. The van der Waals surface area contributed by atoms with Gasteiger partial charge in [0.05, 0.1) is 5.84 Å². The SMILES string of the molecule is [2H]c1ccc(Br)c(F)c1. The topological polar surface area (TPSA) is 0 Å². The highest BCUT2D eigenvalue weighted by Gasteiger charge is 1.90. The van der Waals surface area contributed by atoms with Crippen LogP contribution in [-0.4, -0.2) is 0 Å². The van der Waals surface area contributed by atoms with Gasteiger partial charge in [-0.25, -0.2) is 4.39 Å². The van der Waals surface area contributed by atoms with Gasteiger partial charge in [-0.2, -0.15) is 0 Å². The summed E-state index contributed by atoms with van der Waals surface area (Å²) in [5.41, 5.74) is 0. The average molecular weight is 176 g/mol. The van der Waals surface area contributed by atoms with Crippen molar-refractivity contribution in [2.75, 3.05) is 0 Å². The summed E-state index contributed by atoms with van der Waals surface area (Å²) in [5.74, 6) is -0.387. The van der Waals surface area contributed by atoms with Crippen molar-refractivity contribution in [1.82, 2.24) is 0 Å². The summed E-state index contributed by atoms with van der Waals surface area (Å²) >= 11 is 2.97. The third-order valence-corrected chi connectivity index (χ3v) is 1.41. The highest BCUT2D eigenvalue weighted by Crippen LogP contribution is 2.12. The molecule has 0 radical (unpaired) electrons. The first-order valence-electron chi connectivity index (χ1n) is 2.62. The molecule has 1 aromatic carbocycles. The van der Waals surface area contributed by atoms with Gasteiger partial charge in [-0.3, -0.25) is 0 Å². The first-order valence-corrected chi connectivity index (χ1v) is 2.91. The average Bonchev–Trinajstić information content (AvgIpc) is 1.80. The van der Waals surface area contributed by atoms with Gasteiger partial charge in [-0.15, -0.1) is 0 Å². The molecule has 0 saturated carbocycles. The highest BCUT2D eigenvalue weighted by molar-refractivity contribution is 9.10. The van der Waals surface area contributed by atoms with Crippen LogP contribution in [0.25, 0.3) is 0 Å². The maximum Gasteiger partial charge on any atom is 0.137 e. The molecule has 0 amide bonds. The summed E-state index contributed by atoms with van der Waals surface area (Å²) < 4.78 is 19.8. The van der Waals surface area contributed by atoms with Gasteiger partial charge in [0.1, 0.15) is 5.82 Å². The van der Waals surface area contributed by atoms with Crippen molar-refractivity contribution in [2.45, 2.75) is 0 Å². The molecule has 0 N–H and O–H groups in total. The van der Waals surface area contributed by atoms with Crippen molar-refractivity contribution >= 4 is 15.9 Å². The lowest BCUT2D eigenvalue weighted by atomic mass is 10.4. The molecule has 0 bridgehead atoms. The molecule has 0 aromatic heterocycles. The molecule has 0 fully saturated rings. The van der Waals surface area contributed by atoms with Crippen LogP contribution in [0.4, 0.5) is 4.39 Å². The molecule has 0 unspecified atom stereocenters. The van der Waals surface area contributed by atoms with Crippen LogP contribution in [0.3, 0.4) is 0 Å². The van der Waals surface area contributed by atoms with E-state index in [9.17, 15) is 4.39 Å². The van der Waals surface area contributed by atoms with Crippen molar-refractivity contribution in [3.8, 4) is 0 Å². The molecule has 0 aliphatic carbocycles. The molecule has 1 aromatic rings. The summed E-state index contributed by atoms with van der Waals surface area (Å²) in [5, 5.41) is 0. The molecule has 1 rings (SSSR count). The first kappa shape index (κ1) is 4.50. The van der Waals surface area contributed by atoms with Gasteiger partial charge in [-0.05, 0) is 28.1 Å². The van der Waals surface area contributed by atoms with E-state index in [0.717, 1.165) is 6.07 Å². The van der Waals surface area contributed by atoms with Gasteiger partial charge >= 0.3 is 0 Å². The number of rotatable bonds is 0. The molecule has 8 heavy (non-hydrogen) atoms. The van der Waals surface area contributed by atoms with Crippen LogP contribution in [0.15, 0.2) is 28.7 Å². The van der Waals surface area contributed by atoms with E-state index in [1.807, 2.05) is 0 Å². The van der Waals surface area contributed by atoms with Gasteiger partial charge in [0.2, 0.25) is 0 Å². The van der Waals surface area contributed by atoms with E-state index in [1.54, 1.807) is 0 Å². The Bertz CT molecular complexity index is 224.